The third kappa shape index (κ3) is 4.72. The van der Waals surface area contributed by atoms with Gasteiger partial charge in [0.1, 0.15) is 5.82 Å². The van der Waals surface area contributed by atoms with Crippen LogP contribution in [-0.4, -0.2) is 10.9 Å². The number of halogens is 1. The van der Waals surface area contributed by atoms with Gasteiger partial charge in [-0.05, 0) is 18.2 Å². The number of hydrogen-bond donors (Lipinski definition) is 0. The van der Waals surface area contributed by atoms with Crippen molar-refractivity contribution in [2.45, 2.75) is 13.3 Å². The van der Waals surface area contributed by atoms with Crippen LogP contribution in [0.2, 0.25) is 0 Å². The molecule has 0 N–H and O–H groups in total. The van der Waals surface area contributed by atoms with E-state index in [0.717, 1.165) is 11.8 Å². The summed E-state index contributed by atoms with van der Waals surface area (Å²) in [5, 5.41) is 8.53. The lowest BCUT2D eigenvalue weighted by Gasteiger charge is -1.98. The molecule has 0 amide bonds. The summed E-state index contributed by atoms with van der Waals surface area (Å²) < 4.78 is 13.2. The first-order valence-electron chi connectivity index (χ1n) is 4.91. The lowest BCUT2D eigenvalue weighted by molar-refractivity contribution is -0.109. The van der Waals surface area contributed by atoms with E-state index < -0.39 is 5.82 Å². The van der Waals surface area contributed by atoms with Gasteiger partial charge in [-0.25, -0.2) is 4.39 Å². The molecule has 0 aliphatic carbocycles. The van der Waals surface area contributed by atoms with Crippen LogP contribution in [0.1, 0.15) is 18.1 Å². The van der Waals surface area contributed by atoms with Gasteiger partial charge in [-0.2, -0.15) is 5.26 Å². The Bertz CT molecular complexity index is 522. The van der Waals surface area contributed by atoms with Gasteiger partial charge in [-0.3, -0.25) is 4.79 Å². The molecule has 1 rings (SSSR count). The Labute approximate surface area is 104 Å². The molecule has 1 aromatic rings. The molecule has 0 saturated heterocycles. The fraction of sp³-hybridized carbons (Fsp3) is 0.231. The summed E-state index contributed by atoms with van der Waals surface area (Å²) in [5.41, 5.74) is 0.999. The maximum atomic E-state index is 13.2. The predicted molar refractivity (Wildman–Crippen MR) is 65.7 cm³/mol. The maximum Gasteiger partial charge on any atom is 0.186 e. The van der Waals surface area contributed by atoms with Crippen LogP contribution in [0.3, 0.4) is 0 Å². The molecule has 4 heteroatoms. The number of rotatable bonds is 2. The molecule has 1 aromatic carbocycles. The summed E-state index contributed by atoms with van der Waals surface area (Å²) >= 11 is 1.13. The summed E-state index contributed by atoms with van der Waals surface area (Å²) in [7, 11) is 0. The molecule has 0 spiro atoms. The highest BCUT2D eigenvalue weighted by Gasteiger charge is 2.01. The molecule has 0 aliphatic rings. The number of carbonyl (C=O) groups excluding carboxylic acids is 1. The maximum absolute atomic E-state index is 13.2. The minimum Gasteiger partial charge on any atom is -0.288 e. The molecule has 0 radical (unpaired) electrons. The fourth-order valence-corrected chi connectivity index (χ4v) is 1.50. The van der Waals surface area contributed by atoms with Gasteiger partial charge < -0.3 is 0 Å². The quantitative estimate of drug-likeness (QED) is 0.754. The van der Waals surface area contributed by atoms with Crippen molar-refractivity contribution in [1.29, 1.82) is 5.26 Å². The smallest absolute Gasteiger partial charge is 0.186 e. The highest BCUT2D eigenvalue weighted by atomic mass is 32.2. The average Bonchev–Trinajstić information content (AvgIpc) is 2.28. The van der Waals surface area contributed by atoms with Crippen molar-refractivity contribution in [3.05, 3.63) is 35.1 Å². The van der Waals surface area contributed by atoms with Gasteiger partial charge in [-0.1, -0.05) is 23.6 Å². The molecule has 0 heterocycles. The lowest BCUT2D eigenvalue weighted by atomic mass is 10.1. The first kappa shape index (κ1) is 13.3. The molecule has 0 unspecified atom stereocenters. The minimum atomic E-state index is -0.393. The SMILES string of the molecule is CC(=O)SCC#Cc1ccc(F)c(CC#N)c1. The Kier molecular flexibility index (Phi) is 5.26. The van der Waals surface area contributed by atoms with E-state index in [1.54, 1.807) is 12.1 Å². The molecular formula is C13H10FNOS. The Morgan fingerprint density at radius 2 is 2.29 bits per heavy atom. The second kappa shape index (κ2) is 6.73. The minimum absolute atomic E-state index is 0.0172. The molecular weight excluding hydrogens is 237 g/mol. The van der Waals surface area contributed by atoms with Gasteiger partial charge in [0, 0.05) is 18.1 Å². The monoisotopic (exact) mass is 247 g/mol. The van der Waals surface area contributed by atoms with Crippen LogP contribution in [0.4, 0.5) is 4.39 Å². The third-order valence-electron chi connectivity index (χ3n) is 1.90. The van der Waals surface area contributed by atoms with Gasteiger partial charge in [0.05, 0.1) is 18.2 Å². The summed E-state index contributed by atoms with van der Waals surface area (Å²) in [6, 6.07) is 6.31. The Morgan fingerprint density at radius 3 is 2.94 bits per heavy atom. The second-order valence-corrected chi connectivity index (χ2v) is 4.38. The van der Waals surface area contributed by atoms with Crippen LogP contribution in [0.5, 0.6) is 0 Å². The van der Waals surface area contributed by atoms with E-state index in [-0.39, 0.29) is 11.5 Å². The first-order chi connectivity index (χ1) is 8.13. The number of carbonyl (C=O) groups is 1. The number of benzene rings is 1. The Hall–Kier alpha value is -1.78. The summed E-state index contributed by atoms with van der Waals surface area (Å²) in [5.74, 6) is 5.66. The van der Waals surface area contributed by atoms with Crippen LogP contribution >= 0.6 is 11.8 Å². The van der Waals surface area contributed by atoms with Crippen LogP contribution < -0.4 is 0 Å². The van der Waals surface area contributed by atoms with E-state index in [4.69, 9.17) is 5.26 Å². The zero-order valence-corrected chi connectivity index (χ0v) is 10.1. The number of thioether (sulfide) groups is 1. The van der Waals surface area contributed by atoms with Gasteiger partial charge >= 0.3 is 0 Å². The van der Waals surface area contributed by atoms with Crippen molar-refractivity contribution in [2.75, 3.05) is 5.75 Å². The van der Waals surface area contributed by atoms with Crippen molar-refractivity contribution >= 4 is 16.9 Å². The number of nitriles is 1. The van der Waals surface area contributed by atoms with Crippen LogP contribution in [-0.2, 0) is 11.2 Å². The van der Waals surface area contributed by atoms with Crippen molar-refractivity contribution < 1.29 is 9.18 Å². The molecule has 0 aromatic heterocycles. The zero-order chi connectivity index (χ0) is 12.7. The molecule has 17 heavy (non-hydrogen) atoms. The number of nitrogens with zero attached hydrogens (tertiary/aromatic N) is 1. The fourth-order valence-electron chi connectivity index (χ4n) is 1.15. The van der Waals surface area contributed by atoms with Gasteiger partial charge in [0.25, 0.3) is 0 Å². The van der Waals surface area contributed by atoms with Crippen LogP contribution in [0.25, 0.3) is 0 Å². The largest absolute Gasteiger partial charge is 0.288 e. The van der Waals surface area contributed by atoms with Gasteiger partial charge in [0.2, 0.25) is 0 Å². The van der Waals surface area contributed by atoms with Crippen LogP contribution in [0.15, 0.2) is 18.2 Å². The molecule has 2 nitrogen and oxygen atoms in total. The third-order valence-corrected chi connectivity index (χ3v) is 2.59. The molecule has 0 atom stereocenters. The van der Waals surface area contributed by atoms with E-state index in [1.807, 2.05) is 6.07 Å². The number of hydrogen-bond acceptors (Lipinski definition) is 3. The van der Waals surface area contributed by atoms with Crippen LogP contribution in [0, 0.1) is 29.0 Å². The summed E-state index contributed by atoms with van der Waals surface area (Å²) in [4.78, 5) is 10.6. The zero-order valence-electron chi connectivity index (χ0n) is 9.29. The highest BCUT2D eigenvalue weighted by Crippen LogP contribution is 2.10. The van der Waals surface area contributed by atoms with E-state index in [1.165, 1.54) is 13.0 Å². The topological polar surface area (TPSA) is 40.9 Å². The highest BCUT2D eigenvalue weighted by molar-refractivity contribution is 8.13. The molecule has 0 aliphatic heterocycles. The summed E-state index contributed by atoms with van der Waals surface area (Å²) in [6.07, 6.45) is 0.0313. The Morgan fingerprint density at radius 1 is 1.53 bits per heavy atom. The van der Waals surface area contributed by atoms with Crippen molar-refractivity contribution in [2.24, 2.45) is 0 Å². The lowest BCUT2D eigenvalue weighted by Crippen LogP contribution is -1.90. The standard InChI is InChI=1S/C13H10FNOS/c1-10(16)17-8-2-3-11-4-5-13(14)12(9-11)6-7-15/h4-5,9H,6,8H2,1H3. The average molecular weight is 247 g/mol. The molecule has 86 valence electrons. The van der Waals surface area contributed by atoms with Gasteiger partial charge in [-0.15, -0.1) is 0 Å². The Balaban J connectivity index is 2.75. The second-order valence-electron chi connectivity index (χ2n) is 3.22. The normalized spacial score (nSPS) is 9.00. The van der Waals surface area contributed by atoms with Crippen molar-refractivity contribution in [3.8, 4) is 17.9 Å². The first-order valence-corrected chi connectivity index (χ1v) is 5.89. The predicted octanol–water partition coefficient (Wildman–Crippen LogP) is 2.52. The van der Waals surface area contributed by atoms with Gasteiger partial charge in [0.15, 0.2) is 5.12 Å². The van der Waals surface area contributed by atoms with E-state index >= 15 is 0 Å². The van der Waals surface area contributed by atoms with E-state index in [0.29, 0.717) is 16.9 Å². The van der Waals surface area contributed by atoms with E-state index in [2.05, 4.69) is 11.8 Å². The van der Waals surface area contributed by atoms with Crippen molar-refractivity contribution in [1.82, 2.24) is 0 Å². The summed E-state index contributed by atoms with van der Waals surface area (Å²) in [6.45, 7) is 1.48. The molecule has 0 bridgehead atoms. The molecule has 0 saturated carbocycles. The molecule has 0 fully saturated rings. The van der Waals surface area contributed by atoms with E-state index in [9.17, 15) is 9.18 Å². The van der Waals surface area contributed by atoms with Crippen molar-refractivity contribution in [3.63, 3.8) is 0 Å².